The number of anilines is 1. The largest absolute Gasteiger partial charge is 0.447 e. The molecule has 1 aromatic carbocycles. The highest BCUT2D eigenvalue weighted by molar-refractivity contribution is 5.89. The lowest BCUT2D eigenvalue weighted by Crippen LogP contribution is -2.57. The summed E-state index contributed by atoms with van der Waals surface area (Å²) in [5, 5.41) is 9.46. The van der Waals surface area contributed by atoms with E-state index in [0.717, 1.165) is 11.3 Å². The number of aromatic nitrogens is 3. The number of rotatable bonds is 4. The maximum Gasteiger partial charge on any atom is 0.252 e. The summed E-state index contributed by atoms with van der Waals surface area (Å²) in [6.07, 6.45) is 1.71. The quantitative estimate of drug-likeness (QED) is 0.371. The van der Waals surface area contributed by atoms with E-state index in [4.69, 9.17) is 9.40 Å². The lowest BCUT2D eigenvalue weighted by atomic mass is 9.93. The number of hydrogen-bond acceptors (Lipinski definition) is 7. The van der Waals surface area contributed by atoms with E-state index in [2.05, 4.69) is 55.5 Å². The van der Waals surface area contributed by atoms with E-state index >= 15 is 0 Å². The van der Waals surface area contributed by atoms with Crippen molar-refractivity contribution in [3.8, 4) is 6.07 Å². The molecule has 1 aliphatic heterocycles. The molecule has 9 heteroatoms. The van der Waals surface area contributed by atoms with Crippen LogP contribution in [0.1, 0.15) is 63.5 Å². The lowest BCUT2D eigenvalue weighted by Gasteiger charge is -2.47. The smallest absolute Gasteiger partial charge is 0.252 e. The summed E-state index contributed by atoms with van der Waals surface area (Å²) in [6, 6.07) is 13.3. The first kappa shape index (κ1) is 26.6. The fourth-order valence-electron chi connectivity index (χ4n) is 5.32. The number of pyridine rings is 2. The molecule has 0 radical (unpaired) electrons. The molecule has 3 atom stereocenters. The minimum absolute atomic E-state index is 0.0101. The van der Waals surface area contributed by atoms with Crippen LogP contribution in [0.15, 0.2) is 57.9 Å². The Labute approximate surface area is 227 Å². The van der Waals surface area contributed by atoms with Gasteiger partial charge in [0.2, 0.25) is 5.89 Å². The highest BCUT2D eigenvalue weighted by atomic mass is 19.1. The maximum absolute atomic E-state index is 13.9. The Morgan fingerprint density at radius 3 is 2.44 bits per heavy atom. The third-order valence-corrected chi connectivity index (χ3v) is 7.57. The van der Waals surface area contributed by atoms with Gasteiger partial charge in [0.1, 0.15) is 35.4 Å². The van der Waals surface area contributed by atoms with Gasteiger partial charge in [-0.2, -0.15) is 5.26 Å². The summed E-state index contributed by atoms with van der Waals surface area (Å²) in [6.45, 7) is 11.7. The van der Waals surface area contributed by atoms with Gasteiger partial charge in [-0.25, -0.2) is 14.4 Å². The fraction of sp³-hybridized carbons (Fsp3) is 0.400. The number of piperazine rings is 1. The van der Waals surface area contributed by atoms with Gasteiger partial charge in [0, 0.05) is 43.7 Å². The molecule has 0 saturated carbocycles. The molecule has 0 unspecified atom stereocenters. The van der Waals surface area contributed by atoms with Crippen LogP contribution in [0.4, 0.5) is 10.1 Å². The predicted octanol–water partition coefficient (Wildman–Crippen LogP) is 4.92. The van der Waals surface area contributed by atoms with Gasteiger partial charge in [-0.05, 0) is 43.7 Å². The Balaban J connectivity index is 1.55. The van der Waals surface area contributed by atoms with Crippen molar-refractivity contribution >= 4 is 16.7 Å². The molecule has 5 rings (SSSR count). The molecule has 39 heavy (non-hydrogen) atoms. The van der Waals surface area contributed by atoms with E-state index in [0.29, 0.717) is 41.4 Å². The molecule has 0 aliphatic carbocycles. The zero-order chi connectivity index (χ0) is 28.1. The van der Waals surface area contributed by atoms with Crippen LogP contribution < -0.4 is 10.5 Å². The van der Waals surface area contributed by atoms with Gasteiger partial charge in [-0.1, -0.05) is 32.9 Å². The van der Waals surface area contributed by atoms with Crippen LogP contribution in [-0.2, 0) is 12.5 Å². The van der Waals surface area contributed by atoms with E-state index < -0.39 is 0 Å². The lowest BCUT2D eigenvalue weighted by molar-refractivity contribution is 0.114. The summed E-state index contributed by atoms with van der Waals surface area (Å²) < 4.78 is 21.5. The molecule has 202 valence electrons. The molecule has 0 amide bonds. The SMILES string of the molecule is C[C@@H]1CN(c2cc(=O)n(C)c3ccc(C#N)nc23)[C@@H](C)CN1[C@@H](c1ccc(F)cc1)c1nc(C(C)(C)C)co1. The van der Waals surface area contributed by atoms with Gasteiger partial charge in [-0.3, -0.25) is 9.69 Å². The number of nitrogens with zero attached hydrogens (tertiary/aromatic N) is 6. The number of hydrogen-bond donors (Lipinski definition) is 0. The molecular formula is C30H33FN6O2. The summed E-state index contributed by atoms with van der Waals surface area (Å²) in [5.41, 5.74) is 3.76. The summed E-state index contributed by atoms with van der Waals surface area (Å²) in [5.74, 6) is 0.270. The van der Waals surface area contributed by atoms with E-state index in [9.17, 15) is 14.4 Å². The van der Waals surface area contributed by atoms with Crippen LogP contribution in [0.3, 0.4) is 0 Å². The molecule has 1 saturated heterocycles. The van der Waals surface area contributed by atoms with Crippen molar-refractivity contribution in [2.75, 3.05) is 18.0 Å². The monoisotopic (exact) mass is 528 g/mol. The third kappa shape index (κ3) is 4.92. The summed E-state index contributed by atoms with van der Waals surface area (Å²) in [7, 11) is 1.71. The molecule has 0 spiro atoms. The molecule has 0 N–H and O–H groups in total. The van der Waals surface area contributed by atoms with Crippen molar-refractivity contribution < 1.29 is 8.81 Å². The zero-order valence-corrected chi connectivity index (χ0v) is 23.1. The maximum atomic E-state index is 13.9. The Kier molecular flexibility index (Phi) is 6.77. The highest BCUT2D eigenvalue weighted by Gasteiger charge is 2.38. The normalized spacial score (nSPS) is 19.3. The van der Waals surface area contributed by atoms with Gasteiger partial charge in [0.15, 0.2) is 0 Å². The van der Waals surface area contributed by atoms with E-state index in [1.165, 1.54) is 12.1 Å². The van der Waals surface area contributed by atoms with Crippen LogP contribution in [0.2, 0.25) is 0 Å². The number of fused-ring (bicyclic) bond motifs is 1. The van der Waals surface area contributed by atoms with E-state index in [-0.39, 0.29) is 34.9 Å². The standard InChI is InChI=1S/C30H33FN6O2/c1-18-16-37(28(20-7-9-21(31)10-8-20)29-34-25(17-39-29)30(3,4)5)19(2)15-36(18)24-13-26(38)35(6)23-12-11-22(14-32)33-27(23)24/h7-13,17-19,28H,15-16H2,1-6H3/t18-,19+,28-/m0/s1. The number of nitriles is 1. The average molecular weight is 529 g/mol. The van der Waals surface area contributed by atoms with Gasteiger partial charge in [0.25, 0.3) is 5.56 Å². The fourth-order valence-corrected chi connectivity index (χ4v) is 5.32. The minimum atomic E-state index is -0.315. The molecule has 1 aliphatic rings. The number of benzene rings is 1. The predicted molar refractivity (Wildman–Crippen MR) is 148 cm³/mol. The van der Waals surface area contributed by atoms with Gasteiger partial charge in [-0.15, -0.1) is 0 Å². The molecule has 3 aromatic heterocycles. The zero-order valence-electron chi connectivity index (χ0n) is 23.1. The highest BCUT2D eigenvalue weighted by Crippen LogP contribution is 2.36. The van der Waals surface area contributed by atoms with Gasteiger partial charge >= 0.3 is 0 Å². The van der Waals surface area contributed by atoms with E-state index in [1.54, 1.807) is 48.2 Å². The molecule has 0 bridgehead atoms. The van der Waals surface area contributed by atoms with Crippen molar-refractivity contribution in [2.24, 2.45) is 7.05 Å². The molecular weight excluding hydrogens is 495 g/mol. The number of aryl methyl sites for hydroxylation is 1. The Bertz CT molecular complexity index is 1610. The minimum Gasteiger partial charge on any atom is -0.447 e. The molecule has 4 aromatic rings. The van der Waals surface area contributed by atoms with Crippen LogP contribution >= 0.6 is 0 Å². The number of oxazole rings is 1. The second-order valence-corrected chi connectivity index (χ2v) is 11.4. The summed E-state index contributed by atoms with van der Waals surface area (Å²) >= 11 is 0. The van der Waals surface area contributed by atoms with Gasteiger partial charge < -0.3 is 13.9 Å². The van der Waals surface area contributed by atoms with Crippen molar-refractivity contribution in [3.63, 3.8) is 0 Å². The van der Waals surface area contributed by atoms with Crippen molar-refractivity contribution in [2.45, 2.75) is 58.2 Å². The van der Waals surface area contributed by atoms with Crippen LogP contribution in [0.5, 0.6) is 0 Å². The summed E-state index contributed by atoms with van der Waals surface area (Å²) in [4.78, 5) is 26.8. The van der Waals surface area contributed by atoms with E-state index in [1.807, 2.05) is 0 Å². The molecule has 8 nitrogen and oxygen atoms in total. The third-order valence-electron chi connectivity index (χ3n) is 7.57. The first-order chi connectivity index (χ1) is 18.5. The van der Waals surface area contributed by atoms with Crippen molar-refractivity contribution in [3.05, 3.63) is 87.7 Å². The Morgan fingerprint density at radius 1 is 1.08 bits per heavy atom. The first-order valence-corrected chi connectivity index (χ1v) is 13.1. The Morgan fingerprint density at radius 2 is 1.79 bits per heavy atom. The molecule has 4 heterocycles. The van der Waals surface area contributed by atoms with Crippen LogP contribution in [0, 0.1) is 17.1 Å². The van der Waals surface area contributed by atoms with Crippen LogP contribution in [0.25, 0.3) is 11.0 Å². The molecule has 1 fully saturated rings. The topological polar surface area (TPSA) is 91.2 Å². The number of halogens is 1. The first-order valence-electron chi connectivity index (χ1n) is 13.1. The van der Waals surface area contributed by atoms with Gasteiger partial charge in [0.05, 0.1) is 16.9 Å². The van der Waals surface area contributed by atoms with Crippen molar-refractivity contribution in [1.29, 1.82) is 5.26 Å². The average Bonchev–Trinajstić information content (AvgIpc) is 3.40. The van der Waals surface area contributed by atoms with Crippen molar-refractivity contribution in [1.82, 2.24) is 19.4 Å². The second-order valence-electron chi connectivity index (χ2n) is 11.4. The Hall–Kier alpha value is -4.03. The second kappa shape index (κ2) is 9.93. The van der Waals surface area contributed by atoms with Crippen LogP contribution in [-0.4, -0.2) is 44.6 Å².